The maximum absolute atomic E-state index is 13.1. The molecule has 8 heteroatoms. The van der Waals surface area contributed by atoms with Gasteiger partial charge in [0.1, 0.15) is 6.10 Å². The fraction of sp³-hybridized carbons (Fsp3) is 0.619. The van der Waals surface area contributed by atoms with E-state index in [1.54, 1.807) is 30.1 Å². The molecule has 1 aromatic rings. The fourth-order valence-corrected chi connectivity index (χ4v) is 4.07. The van der Waals surface area contributed by atoms with Crippen molar-refractivity contribution in [2.45, 2.75) is 37.8 Å². The molecule has 0 unspecified atom stereocenters. The molecule has 3 rings (SSSR count). The van der Waals surface area contributed by atoms with E-state index in [0.29, 0.717) is 44.2 Å². The summed E-state index contributed by atoms with van der Waals surface area (Å²) in [5.41, 5.74) is 0.809. The van der Waals surface area contributed by atoms with Crippen molar-refractivity contribution < 1.29 is 28.9 Å². The molecule has 0 aromatic heterocycles. The molecular weight excluding hydrogens is 376 g/mol. The van der Waals surface area contributed by atoms with E-state index in [4.69, 9.17) is 14.2 Å². The number of nitrogens with zero attached hydrogens (tertiary/aromatic N) is 2. The predicted molar refractivity (Wildman–Crippen MR) is 106 cm³/mol. The van der Waals surface area contributed by atoms with Gasteiger partial charge in [-0.3, -0.25) is 9.59 Å². The normalized spacial score (nSPS) is 22.5. The zero-order chi connectivity index (χ0) is 20.8. The molecule has 0 saturated carbocycles. The third kappa shape index (κ3) is 4.82. The monoisotopic (exact) mass is 406 g/mol. The van der Waals surface area contributed by atoms with Gasteiger partial charge in [-0.25, -0.2) is 0 Å². The number of amides is 2. The Bertz CT molecular complexity index is 725. The van der Waals surface area contributed by atoms with E-state index in [0.717, 1.165) is 18.4 Å². The van der Waals surface area contributed by atoms with Crippen LogP contribution in [0.25, 0.3) is 0 Å². The molecule has 0 spiro atoms. The van der Waals surface area contributed by atoms with Crippen LogP contribution in [0.4, 0.5) is 0 Å². The summed E-state index contributed by atoms with van der Waals surface area (Å²) in [7, 11) is 3.12. The minimum absolute atomic E-state index is 0.0510. The highest BCUT2D eigenvalue weighted by Crippen LogP contribution is 2.36. The van der Waals surface area contributed by atoms with Crippen LogP contribution < -0.4 is 9.47 Å². The summed E-state index contributed by atoms with van der Waals surface area (Å²) < 4.78 is 16.4. The summed E-state index contributed by atoms with van der Waals surface area (Å²) >= 11 is 0. The molecule has 0 aliphatic carbocycles. The molecule has 2 heterocycles. The molecule has 2 atom stereocenters. The van der Waals surface area contributed by atoms with Crippen LogP contribution in [-0.2, 0) is 14.3 Å². The van der Waals surface area contributed by atoms with Gasteiger partial charge in [0.2, 0.25) is 11.8 Å². The number of ether oxygens (including phenoxy) is 3. The number of piperidine rings is 1. The van der Waals surface area contributed by atoms with Crippen molar-refractivity contribution >= 4 is 11.8 Å². The van der Waals surface area contributed by atoms with Gasteiger partial charge in [0.15, 0.2) is 11.5 Å². The average Bonchev–Trinajstić information content (AvgIpc) is 2.77. The topological polar surface area (TPSA) is 88.5 Å². The van der Waals surface area contributed by atoms with E-state index in [1.807, 2.05) is 12.1 Å². The number of aliphatic hydroxyl groups is 1. The Balaban J connectivity index is 1.78. The number of aliphatic hydroxyl groups excluding tert-OH is 1. The standard InChI is InChI=1S/C21H30N2O6/c1-27-16-7-6-15(13-17(16)28-2)21-18(14-24)29-12-11-23(21)20(26)8-10-22-9-4-3-5-19(22)25/h6-7,13,18,21,24H,3-5,8-12,14H2,1-2H3/t18-,21-/m1/s1. The Hall–Kier alpha value is -2.32. The Morgan fingerprint density at radius 3 is 2.69 bits per heavy atom. The number of rotatable bonds is 7. The van der Waals surface area contributed by atoms with Crippen molar-refractivity contribution in [3.8, 4) is 11.5 Å². The quantitative estimate of drug-likeness (QED) is 0.736. The van der Waals surface area contributed by atoms with Gasteiger partial charge in [-0.05, 0) is 30.5 Å². The van der Waals surface area contributed by atoms with E-state index in [2.05, 4.69) is 0 Å². The Labute approximate surface area is 171 Å². The SMILES string of the molecule is COc1ccc([C@@H]2[C@@H](CO)OCCN2C(=O)CCN2CCCCC2=O)cc1OC. The minimum atomic E-state index is -0.526. The fourth-order valence-electron chi connectivity index (χ4n) is 4.07. The van der Waals surface area contributed by atoms with Gasteiger partial charge in [0.25, 0.3) is 0 Å². The third-order valence-corrected chi connectivity index (χ3v) is 5.62. The van der Waals surface area contributed by atoms with Gasteiger partial charge in [-0.2, -0.15) is 0 Å². The zero-order valence-electron chi connectivity index (χ0n) is 17.1. The first-order chi connectivity index (χ1) is 14.1. The number of hydrogen-bond acceptors (Lipinski definition) is 6. The van der Waals surface area contributed by atoms with E-state index in [9.17, 15) is 14.7 Å². The first kappa shape index (κ1) is 21.4. The lowest BCUT2D eigenvalue weighted by Crippen LogP contribution is -2.50. The second kappa shape index (κ2) is 9.93. The first-order valence-electron chi connectivity index (χ1n) is 10.1. The van der Waals surface area contributed by atoms with Gasteiger partial charge in [0.05, 0.1) is 33.5 Å². The van der Waals surface area contributed by atoms with Crippen LogP contribution in [0, 0.1) is 0 Å². The predicted octanol–water partition coefficient (Wildman–Crippen LogP) is 1.37. The summed E-state index contributed by atoms with van der Waals surface area (Å²) in [4.78, 5) is 28.6. The van der Waals surface area contributed by atoms with Crippen LogP contribution in [0.15, 0.2) is 18.2 Å². The molecule has 2 aliphatic rings. The molecule has 29 heavy (non-hydrogen) atoms. The van der Waals surface area contributed by atoms with Crippen molar-refractivity contribution in [1.29, 1.82) is 0 Å². The number of hydrogen-bond donors (Lipinski definition) is 1. The molecule has 0 radical (unpaired) electrons. The van der Waals surface area contributed by atoms with Crippen molar-refractivity contribution in [1.82, 2.24) is 9.80 Å². The van der Waals surface area contributed by atoms with Crippen LogP contribution in [0.5, 0.6) is 11.5 Å². The summed E-state index contributed by atoms with van der Waals surface area (Å²) in [6.07, 6.45) is 2.20. The van der Waals surface area contributed by atoms with E-state index < -0.39 is 12.1 Å². The van der Waals surface area contributed by atoms with E-state index in [-0.39, 0.29) is 24.8 Å². The molecule has 2 fully saturated rings. The molecule has 2 aliphatic heterocycles. The maximum atomic E-state index is 13.1. The van der Waals surface area contributed by atoms with Crippen LogP contribution in [0.3, 0.4) is 0 Å². The van der Waals surface area contributed by atoms with Crippen molar-refractivity contribution in [3.63, 3.8) is 0 Å². The molecule has 2 amide bonds. The summed E-state index contributed by atoms with van der Waals surface area (Å²) in [6.45, 7) is 1.74. The Morgan fingerprint density at radius 1 is 1.21 bits per heavy atom. The number of benzene rings is 1. The largest absolute Gasteiger partial charge is 0.493 e. The lowest BCUT2D eigenvalue weighted by molar-refractivity contribution is -0.150. The minimum Gasteiger partial charge on any atom is -0.493 e. The molecule has 1 aromatic carbocycles. The Kier molecular flexibility index (Phi) is 7.33. The van der Waals surface area contributed by atoms with Crippen LogP contribution in [0.2, 0.25) is 0 Å². The number of likely N-dealkylation sites (tertiary alicyclic amines) is 1. The maximum Gasteiger partial charge on any atom is 0.225 e. The van der Waals surface area contributed by atoms with Crippen LogP contribution in [-0.4, -0.2) is 79.9 Å². The summed E-state index contributed by atoms with van der Waals surface area (Å²) in [5.74, 6) is 1.22. The zero-order valence-corrected chi connectivity index (χ0v) is 17.1. The molecule has 0 bridgehead atoms. The van der Waals surface area contributed by atoms with Gasteiger partial charge in [-0.15, -0.1) is 0 Å². The van der Waals surface area contributed by atoms with Crippen molar-refractivity contribution in [2.24, 2.45) is 0 Å². The lowest BCUT2D eigenvalue weighted by atomic mass is 9.97. The molecule has 2 saturated heterocycles. The number of methoxy groups -OCH3 is 2. The van der Waals surface area contributed by atoms with Crippen LogP contribution >= 0.6 is 0 Å². The number of morpholine rings is 1. The van der Waals surface area contributed by atoms with E-state index in [1.165, 1.54) is 0 Å². The summed E-state index contributed by atoms with van der Waals surface area (Å²) in [6, 6.07) is 5.03. The Morgan fingerprint density at radius 2 is 2.00 bits per heavy atom. The van der Waals surface area contributed by atoms with Gasteiger partial charge in [-0.1, -0.05) is 6.07 Å². The molecule has 160 valence electrons. The highest BCUT2D eigenvalue weighted by molar-refractivity contribution is 5.80. The second-order valence-corrected chi connectivity index (χ2v) is 7.33. The lowest BCUT2D eigenvalue weighted by Gasteiger charge is -2.41. The molecule has 8 nitrogen and oxygen atoms in total. The first-order valence-corrected chi connectivity index (χ1v) is 10.1. The van der Waals surface area contributed by atoms with Gasteiger partial charge < -0.3 is 29.1 Å². The third-order valence-electron chi connectivity index (χ3n) is 5.62. The van der Waals surface area contributed by atoms with Crippen molar-refractivity contribution in [3.05, 3.63) is 23.8 Å². The van der Waals surface area contributed by atoms with Gasteiger partial charge >= 0.3 is 0 Å². The second-order valence-electron chi connectivity index (χ2n) is 7.33. The summed E-state index contributed by atoms with van der Waals surface area (Å²) in [5, 5.41) is 9.85. The highest BCUT2D eigenvalue weighted by Gasteiger charge is 2.36. The number of carbonyl (C=O) groups is 2. The smallest absolute Gasteiger partial charge is 0.225 e. The van der Waals surface area contributed by atoms with E-state index >= 15 is 0 Å². The average molecular weight is 406 g/mol. The van der Waals surface area contributed by atoms with Gasteiger partial charge in [0, 0.05) is 32.5 Å². The number of carbonyl (C=O) groups excluding carboxylic acids is 2. The molecule has 1 N–H and O–H groups in total. The molecular formula is C21H30N2O6. The highest BCUT2D eigenvalue weighted by atomic mass is 16.5. The van der Waals surface area contributed by atoms with Crippen LogP contribution in [0.1, 0.15) is 37.3 Å². The van der Waals surface area contributed by atoms with Crippen molar-refractivity contribution in [2.75, 3.05) is 47.1 Å².